The molecule has 142 valence electrons. The van der Waals surface area contributed by atoms with E-state index in [1.807, 2.05) is 6.07 Å². The van der Waals surface area contributed by atoms with Gasteiger partial charge in [-0.2, -0.15) is 0 Å². The van der Waals surface area contributed by atoms with E-state index in [0.29, 0.717) is 0 Å². The Hall–Kier alpha value is -1.70. The highest BCUT2D eigenvalue weighted by Crippen LogP contribution is 2.46. The molecule has 26 heavy (non-hydrogen) atoms. The summed E-state index contributed by atoms with van der Waals surface area (Å²) in [5.74, 6) is 4.13. The Morgan fingerprint density at radius 2 is 1.62 bits per heavy atom. The van der Waals surface area contributed by atoms with Crippen molar-refractivity contribution in [1.82, 2.24) is 0 Å². The van der Waals surface area contributed by atoms with Crippen molar-refractivity contribution in [2.45, 2.75) is 68.7 Å². The quantitative estimate of drug-likeness (QED) is 0.556. The van der Waals surface area contributed by atoms with Crippen molar-refractivity contribution in [1.29, 1.82) is 0 Å². The number of methoxy groups -OCH3 is 3. The second-order valence-electron chi connectivity index (χ2n) is 7.44. The van der Waals surface area contributed by atoms with E-state index < -0.39 is 5.79 Å². The van der Waals surface area contributed by atoms with E-state index in [2.05, 4.69) is 18.1 Å². The van der Waals surface area contributed by atoms with Crippen LogP contribution in [0.5, 0.6) is 11.5 Å². The third-order valence-corrected chi connectivity index (χ3v) is 6.20. The number of hydrogen-bond donors (Lipinski definition) is 0. The molecule has 0 heterocycles. The van der Waals surface area contributed by atoms with Gasteiger partial charge >= 0.3 is 0 Å². The molecule has 0 amide bonds. The van der Waals surface area contributed by atoms with Crippen LogP contribution in [0.1, 0.15) is 56.9 Å². The van der Waals surface area contributed by atoms with E-state index >= 15 is 0 Å². The number of hydrogen-bond acceptors (Lipinski definition) is 4. The maximum Gasteiger partial charge on any atom is 0.167 e. The van der Waals surface area contributed by atoms with Crippen molar-refractivity contribution < 1.29 is 18.9 Å². The molecule has 0 radical (unpaired) electrons. The van der Waals surface area contributed by atoms with E-state index in [1.54, 1.807) is 21.3 Å². The second-order valence-corrected chi connectivity index (χ2v) is 7.44. The summed E-state index contributed by atoms with van der Waals surface area (Å²) < 4.78 is 23.0. The smallest absolute Gasteiger partial charge is 0.167 e. The molecule has 0 spiro atoms. The lowest BCUT2D eigenvalue weighted by Crippen LogP contribution is -2.43. The van der Waals surface area contributed by atoms with Crippen LogP contribution >= 0.6 is 0 Å². The Labute approximate surface area is 157 Å². The van der Waals surface area contributed by atoms with Crippen LogP contribution in [-0.4, -0.2) is 33.2 Å². The van der Waals surface area contributed by atoms with Gasteiger partial charge in [-0.3, -0.25) is 0 Å². The van der Waals surface area contributed by atoms with Crippen LogP contribution in [0, 0.1) is 12.3 Å². The van der Waals surface area contributed by atoms with Crippen LogP contribution in [0.2, 0.25) is 0 Å². The summed E-state index contributed by atoms with van der Waals surface area (Å²) in [6.07, 6.45) is 14.2. The lowest BCUT2D eigenvalue weighted by Gasteiger charge is -2.42. The summed E-state index contributed by atoms with van der Waals surface area (Å²) in [6.45, 7) is 0. The summed E-state index contributed by atoms with van der Waals surface area (Å²) >= 11 is 0. The minimum Gasteiger partial charge on any atom is -0.493 e. The van der Waals surface area contributed by atoms with Gasteiger partial charge in [0, 0.05) is 27.1 Å². The zero-order chi connectivity index (χ0) is 18.6. The van der Waals surface area contributed by atoms with Crippen LogP contribution in [0.25, 0.3) is 0 Å². The first-order valence-corrected chi connectivity index (χ1v) is 9.53. The maximum atomic E-state index is 6.26. The fourth-order valence-corrected chi connectivity index (χ4v) is 4.32. The predicted molar refractivity (Wildman–Crippen MR) is 102 cm³/mol. The fraction of sp³-hybridized carbons (Fsp3) is 0.636. The second kappa shape index (κ2) is 7.90. The molecular formula is C22H30O4. The number of terminal acetylenes is 1. The highest BCUT2D eigenvalue weighted by Gasteiger charge is 2.43. The molecule has 0 aliphatic heterocycles. The van der Waals surface area contributed by atoms with Gasteiger partial charge in [-0.25, -0.2) is 0 Å². The van der Waals surface area contributed by atoms with E-state index in [0.717, 1.165) is 55.6 Å². The highest BCUT2D eigenvalue weighted by molar-refractivity contribution is 5.48. The van der Waals surface area contributed by atoms with Gasteiger partial charge < -0.3 is 18.9 Å². The van der Waals surface area contributed by atoms with Crippen molar-refractivity contribution in [3.63, 3.8) is 0 Å². The molecule has 2 fully saturated rings. The van der Waals surface area contributed by atoms with Gasteiger partial charge in [-0.1, -0.05) is 12.0 Å². The third kappa shape index (κ3) is 3.56. The van der Waals surface area contributed by atoms with Crippen molar-refractivity contribution in [2.24, 2.45) is 0 Å². The van der Waals surface area contributed by atoms with Crippen molar-refractivity contribution in [3.8, 4) is 23.8 Å². The van der Waals surface area contributed by atoms with Gasteiger partial charge in [0.05, 0.1) is 18.6 Å². The molecule has 0 atom stereocenters. The molecule has 0 bridgehead atoms. The molecule has 0 saturated heterocycles. The average Bonchev–Trinajstić information content (AvgIpc) is 3.21. The third-order valence-electron chi connectivity index (χ3n) is 6.20. The largest absolute Gasteiger partial charge is 0.493 e. The SMILES string of the molecule is C#CC1(c2ccc(OC)c(OC3CCCC3)c2)CCC(OC)(OC)CC1. The van der Waals surface area contributed by atoms with Crippen LogP contribution in [0.15, 0.2) is 18.2 Å². The lowest BCUT2D eigenvalue weighted by atomic mass is 9.68. The van der Waals surface area contributed by atoms with Gasteiger partial charge in [0.15, 0.2) is 17.3 Å². The molecule has 4 heteroatoms. The monoisotopic (exact) mass is 358 g/mol. The summed E-state index contributed by atoms with van der Waals surface area (Å²) in [6, 6.07) is 6.14. The summed E-state index contributed by atoms with van der Waals surface area (Å²) in [7, 11) is 5.08. The molecule has 0 aromatic heterocycles. The Morgan fingerprint density at radius 1 is 0.962 bits per heavy atom. The molecule has 0 unspecified atom stereocenters. The van der Waals surface area contributed by atoms with Gasteiger partial charge in [0.25, 0.3) is 0 Å². The first kappa shape index (κ1) is 19.1. The maximum absolute atomic E-state index is 6.26. The predicted octanol–water partition coefficient (Wildman–Crippen LogP) is 4.45. The zero-order valence-electron chi connectivity index (χ0n) is 16.2. The molecule has 1 aromatic carbocycles. The lowest BCUT2D eigenvalue weighted by molar-refractivity contribution is -0.227. The van der Waals surface area contributed by atoms with Gasteiger partial charge in [0.2, 0.25) is 0 Å². The number of rotatable bonds is 6. The Bertz CT molecular complexity index is 641. The van der Waals surface area contributed by atoms with Crippen LogP contribution in [-0.2, 0) is 14.9 Å². The molecule has 4 nitrogen and oxygen atoms in total. The summed E-state index contributed by atoms with van der Waals surface area (Å²) in [4.78, 5) is 0. The Kier molecular flexibility index (Phi) is 5.79. The first-order valence-electron chi connectivity index (χ1n) is 9.53. The summed E-state index contributed by atoms with van der Waals surface area (Å²) in [5.41, 5.74) is 0.801. The van der Waals surface area contributed by atoms with E-state index in [9.17, 15) is 0 Å². The molecule has 1 aromatic rings. The van der Waals surface area contributed by atoms with E-state index in [1.165, 1.54) is 12.8 Å². The number of ether oxygens (including phenoxy) is 4. The standard InChI is InChI=1S/C22H30O4/c1-5-21(12-14-22(24-3,25-4)15-13-21)17-10-11-19(23-2)20(16-17)26-18-8-6-7-9-18/h1,10-11,16,18H,6-9,12-15H2,2-4H3. The van der Waals surface area contributed by atoms with E-state index in [4.69, 9.17) is 25.4 Å². The topological polar surface area (TPSA) is 36.9 Å². The summed E-state index contributed by atoms with van der Waals surface area (Å²) in [5, 5.41) is 0. The van der Waals surface area contributed by atoms with Crippen molar-refractivity contribution >= 4 is 0 Å². The first-order chi connectivity index (χ1) is 12.6. The highest BCUT2D eigenvalue weighted by atomic mass is 16.7. The van der Waals surface area contributed by atoms with Crippen molar-refractivity contribution in [2.75, 3.05) is 21.3 Å². The molecule has 2 saturated carbocycles. The van der Waals surface area contributed by atoms with Crippen LogP contribution in [0.4, 0.5) is 0 Å². The fourth-order valence-electron chi connectivity index (χ4n) is 4.32. The molecule has 2 aliphatic carbocycles. The molecule has 0 N–H and O–H groups in total. The van der Waals surface area contributed by atoms with E-state index in [-0.39, 0.29) is 11.5 Å². The van der Waals surface area contributed by atoms with Gasteiger partial charge in [-0.05, 0) is 56.2 Å². The van der Waals surface area contributed by atoms with Crippen molar-refractivity contribution in [3.05, 3.63) is 23.8 Å². The minimum atomic E-state index is -0.518. The normalized spacial score (nSPS) is 21.9. The zero-order valence-corrected chi connectivity index (χ0v) is 16.2. The Balaban J connectivity index is 1.86. The van der Waals surface area contributed by atoms with Crippen LogP contribution in [0.3, 0.4) is 0 Å². The Morgan fingerprint density at radius 3 is 2.15 bits per heavy atom. The molecule has 3 rings (SSSR count). The van der Waals surface area contributed by atoms with Gasteiger partial charge in [-0.15, -0.1) is 6.42 Å². The van der Waals surface area contributed by atoms with Gasteiger partial charge in [0.1, 0.15) is 0 Å². The molecule has 2 aliphatic rings. The molecular weight excluding hydrogens is 328 g/mol. The average molecular weight is 358 g/mol. The van der Waals surface area contributed by atoms with Crippen LogP contribution < -0.4 is 9.47 Å². The number of benzene rings is 1. The minimum absolute atomic E-state index is 0.280.